The Labute approximate surface area is 145 Å². The summed E-state index contributed by atoms with van der Waals surface area (Å²) in [6.07, 6.45) is 1.37. The van der Waals surface area contributed by atoms with E-state index >= 15 is 0 Å². The SMILES string of the molecule is CCc1ccc(Cl)c(CC)c1NC(=O)c1cccc(C)c1[N+](=O)[O-]. The number of nitro benzene ring substituents is 1. The fourth-order valence-electron chi connectivity index (χ4n) is 2.73. The second-order valence-corrected chi connectivity index (χ2v) is 5.86. The maximum atomic E-state index is 12.7. The van der Waals surface area contributed by atoms with Crippen molar-refractivity contribution < 1.29 is 9.72 Å². The van der Waals surface area contributed by atoms with Gasteiger partial charge in [-0.3, -0.25) is 14.9 Å². The van der Waals surface area contributed by atoms with Crippen molar-refractivity contribution >= 4 is 28.9 Å². The highest BCUT2D eigenvalue weighted by atomic mass is 35.5. The van der Waals surface area contributed by atoms with Crippen LogP contribution in [0.15, 0.2) is 30.3 Å². The van der Waals surface area contributed by atoms with Gasteiger partial charge in [-0.25, -0.2) is 0 Å². The van der Waals surface area contributed by atoms with Gasteiger partial charge in [-0.2, -0.15) is 0 Å². The fourth-order valence-corrected chi connectivity index (χ4v) is 3.02. The predicted octanol–water partition coefficient (Wildman–Crippen LogP) is 4.93. The van der Waals surface area contributed by atoms with Gasteiger partial charge >= 0.3 is 0 Å². The van der Waals surface area contributed by atoms with E-state index in [2.05, 4.69) is 5.32 Å². The quantitative estimate of drug-likeness (QED) is 0.616. The smallest absolute Gasteiger partial charge is 0.285 e. The molecule has 0 bridgehead atoms. The summed E-state index contributed by atoms with van der Waals surface area (Å²) in [6.45, 7) is 5.54. The largest absolute Gasteiger partial charge is 0.321 e. The molecule has 0 radical (unpaired) electrons. The molecule has 0 heterocycles. The van der Waals surface area contributed by atoms with E-state index in [0.717, 1.165) is 17.5 Å². The monoisotopic (exact) mass is 346 g/mol. The van der Waals surface area contributed by atoms with E-state index in [4.69, 9.17) is 11.6 Å². The molecule has 1 amide bonds. The zero-order valence-corrected chi connectivity index (χ0v) is 14.6. The van der Waals surface area contributed by atoms with Crippen LogP contribution in [0.1, 0.15) is 40.9 Å². The summed E-state index contributed by atoms with van der Waals surface area (Å²) in [6, 6.07) is 8.38. The van der Waals surface area contributed by atoms with E-state index in [1.54, 1.807) is 19.1 Å². The highest BCUT2D eigenvalue weighted by Crippen LogP contribution is 2.31. The Morgan fingerprint density at radius 3 is 2.50 bits per heavy atom. The average molecular weight is 347 g/mol. The van der Waals surface area contributed by atoms with Crippen molar-refractivity contribution in [2.24, 2.45) is 0 Å². The second kappa shape index (κ2) is 7.45. The minimum Gasteiger partial charge on any atom is -0.321 e. The molecule has 24 heavy (non-hydrogen) atoms. The summed E-state index contributed by atoms with van der Waals surface area (Å²) >= 11 is 6.24. The molecule has 5 nitrogen and oxygen atoms in total. The van der Waals surface area contributed by atoms with Crippen LogP contribution < -0.4 is 5.32 Å². The van der Waals surface area contributed by atoms with Crippen molar-refractivity contribution in [1.29, 1.82) is 0 Å². The van der Waals surface area contributed by atoms with Crippen molar-refractivity contribution in [1.82, 2.24) is 0 Å². The molecule has 0 atom stereocenters. The standard InChI is InChI=1S/C18H19ClN2O3/c1-4-12-9-10-15(19)13(5-2)16(12)20-18(22)14-8-6-7-11(3)17(14)21(23)24/h6-10H,4-5H2,1-3H3,(H,20,22). The summed E-state index contributed by atoms with van der Waals surface area (Å²) in [5, 5.41) is 14.7. The van der Waals surface area contributed by atoms with E-state index in [1.807, 2.05) is 26.0 Å². The van der Waals surface area contributed by atoms with Gasteiger partial charge in [0.25, 0.3) is 11.6 Å². The van der Waals surface area contributed by atoms with Crippen molar-refractivity contribution in [3.63, 3.8) is 0 Å². The van der Waals surface area contributed by atoms with Gasteiger partial charge < -0.3 is 5.32 Å². The molecule has 0 fully saturated rings. The third-order valence-corrected chi connectivity index (χ3v) is 4.33. The van der Waals surface area contributed by atoms with Gasteiger partial charge in [0.05, 0.1) is 4.92 Å². The first-order valence-corrected chi connectivity index (χ1v) is 8.14. The van der Waals surface area contributed by atoms with E-state index in [0.29, 0.717) is 22.7 Å². The fraction of sp³-hybridized carbons (Fsp3) is 0.278. The number of carbonyl (C=O) groups excluding carboxylic acids is 1. The van der Waals surface area contributed by atoms with Gasteiger partial charge in [0.15, 0.2) is 0 Å². The number of anilines is 1. The van der Waals surface area contributed by atoms with Crippen LogP contribution in [-0.2, 0) is 12.8 Å². The lowest BCUT2D eigenvalue weighted by atomic mass is 10.0. The van der Waals surface area contributed by atoms with Crippen molar-refractivity contribution in [3.05, 3.63) is 67.7 Å². The summed E-state index contributed by atoms with van der Waals surface area (Å²) in [4.78, 5) is 23.5. The highest BCUT2D eigenvalue weighted by molar-refractivity contribution is 6.32. The Hall–Kier alpha value is -2.40. The van der Waals surface area contributed by atoms with Gasteiger partial charge in [-0.1, -0.05) is 43.6 Å². The Bertz CT molecular complexity index is 803. The van der Waals surface area contributed by atoms with Gasteiger partial charge in [-0.05, 0) is 43.0 Å². The van der Waals surface area contributed by atoms with Crippen LogP contribution in [0.3, 0.4) is 0 Å². The summed E-state index contributed by atoms with van der Waals surface area (Å²) in [5.74, 6) is -0.503. The topological polar surface area (TPSA) is 72.2 Å². The number of rotatable bonds is 5. The van der Waals surface area contributed by atoms with Gasteiger partial charge in [-0.15, -0.1) is 0 Å². The lowest BCUT2D eigenvalue weighted by Crippen LogP contribution is -2.17. The Kier molecular flexibility index (Phi) is 5.57. The second-order valence-electron chi connectivity index (χ2n) is 5.45. The maximum Gasteiger partial charge on any atom is 0.285 e. The predicted molar refractivity (Wildman–Crippen MR) is 96.0 cm³/mol. The molecular weight excluding hydrogens is 328 g/mol. The zero-order valence-electron chi connectivity index (χ0n) is 13.9. The van der Waals surface area contributed by atoms with Crippen LogP contribution in [0, 0.1) is 17.0 Å². The molecule has 0 saturated carbocycles. The maximum absolute atomic E-state index is 12.7. The van der Waals surface area contributed by atoms with Crippen LogP contribution in [0.5, 0.6) is 0 Å². The third-order valence-electron chi connectivity index (χ3n) is 3.98. The summed E-state index contributed by atoms with van der Waals surface area (Å²) in [5.41, 5.74) is 2.75. The normalized spacial score (nSPS) is 10.5. The molecule has 0 spiro atoms. The lowest BCUT2D eigenvalue weighted by molar-refractivity contribution is -0.385. The molecule has 2 aromatic rings. The molecule has 2 aromatic carbocycles. The molecule has 6 heteroatoms. The number of nitrogens with one attached hydrogen (secondary N) is 1. The summed E-state index contributed by atoms with van der Waals surface area (Å²) in [7, 11) is 0. The molecule has 0 aromatic heterocycles. The molecule has 0 aliphatic carbocycles. The lowest BCUT2D eigenvalue weighted by Gasteiger charge is -2.16. The van der Waals surface area contributed by atoms with Crippen LogP contribution in [0.4, 0.5) is 11.4 Å². The van der Waals surface area contributed by atoms with Crippen LogP contribution in [0.2, 0.25) is 5.02 Å². The number of halogens is 1. The number of hydrogen-bond donors (Lipinski definition) is 1. The van der Waals surface area contributed by atoms with Crippen molar-refractivity contribution in [2.45, 2.75) is 33.6 Å². The van der Waals surface area contributed by atoms with Crippen LogP contribution >= 0.6 is 11.6 Å². The average Bonchev–Trinajstić information content (AvgIpc) is 2.54. The van der Waals surface area contributed by atoms with E-state index in [1.165, 1.54) is 6.07 Å². The van der Waals surface area contributed by atoms with Gasteiger partial charge in [0.1, 0.15) is 5.56 Å². The molecule has 1 N–H and O–H groups in total. The van der Waals surface area contributed by atoms with Crippen molar-refractivity contribution in [2.75, 3.05) is 5.32 Å². The number of para-hydroxylation sites is 1. The molecule has 126 valence electrons. The number of aryl methyl sites for hydroxylation is 2. The molecule has 0 saturated heterocycles. The molecule has 0 unspecified atom stereocenters. The highest BCUT2D eigenvalue weighted by Gasteiger charge is 2.23. The molecule has 2 rings (SSSR count). The van der Waals surface area contributed by atoms with E-state index in [-0.39, 0.29) is 11.3 Å². The number of benzene rings is 2. The summed E-state index contributed by atoms with van der Waals surface area (Å²) < 4.78 is 0. The van der Waals surface area contributed by atoms with E-state index < -0.39 is 10.8 Å². The van der Waals surface area contributed by atoms with Crippen molar-refractivity contribution in [3.8, 4) is 0 Å². The Morgan fingerprint density at radius 2 is 1.92 bits per heavy atom. The first-order valence-electron chi connectivity index (χ1n) is 7.76. The minimum atomic E-state index is -0.524. The number of nitro groups is 1. The molecular formula is C18H19ClN2O3. The molecule has 0 aliphatic heterocycles. The zero-order chi connectivity index (χ0) is 17.9. The number of hydrogen-bond acceptors (Lipinski definition) is 3. The van der Waals surface area contributed by atoms with Crippen LogP contribution in [-0.4, -0.2) is 10.8 Å². The third kappa shape index (κ3) is 3.41. The first kappa shape index (κ1) is 17.9. The number of amides is 1. The molecule has 0 aliphatic rings. The van der Waals surface area contributed by atoms with E-state index in [9.17, 15) is 14.9 Å². The van der Waals surface area contributed by atoms with Gasteiger partial charge in [0, 0.05) is 16.3 Å². The Morgan fingerprint density at radius 1 is 1.21 bits per heavy atom. The minimum absolute atomic E-state index is 0.0454. The Balaban J connectivity index is 2.51. The van der Waals surface area contributed by atoms with Gasteiger partial charge in [0.2, 0.25) is 0 Å². The number of carbonyl (C=O) groups is 1. The number of nitrogens with zero attached hydrogens (tertiary/aromatic N) is 1. The van der Waals surface area contributed by atoms with Crippen LogP contribution in [0.25, 0.3) is 0 Å². The first-order chi connectivity index (χ1) is 11.4.